The maximum atomic E-state index is 12.9. The number of carbonyl (C=O) groups excluding carboxylic acids is 2. The highest BCUT2D eigenvalue weighted by Gasteiger charge is 2.28. The molecule has 1 fully saturated rings. The van der Waals surface area contributed by atoms with Crippen LogP contribution in [0.4, 0.5) is 5.69 Å². The third kappa shape index (κ3) is 4.75. The lowest BCUT2D eigenvalue weighted by Gasteiger charge is -2.30. The van der Waals surface area contributed by atoms with Crippen molar-refractivity contribution in [2.24, 2.45) is 5.92 Å². The molecular weight excluding hydrogens is 436 g/mol. The van der Waals surface area contributed by atoms with E-state index in [2.05, 4.69) is 0 Å². The molecule has 2 aliphatic heterocycles. The standard InChI is InChI=1S/C23H21ClN2O6/c24-18-4-1-15(13-19(18)26(29)30)2-6-22(27)25-9-7-16(8-10-25)23(28)17-3-5-20-21(14-17)32-12-11-31-20/h1-6,13-14,16H,7-12H2. The molecule has 32 heavy (non-hydrogen) atoms. The monoisotopic (exact) mass is 456 g/mol. The molecule has 2 aliphatic rings. The maximum absolute atomic E-state index is 12.9. The van der Waals surface area contributed by atoms with Gasteiger partial charge in [0.25, 0.3) is 5.69 Å². The van der Waals surface area contributed by atoms with Crippen molar-refractivity contribution >= 4 is 35.1 Å². The van der Waals surface area contributed by atoms with Crippen LogP contribution in [0.3, 0.4) is 0 Å². The normalized spacial score (nSPS) is 16.2. The first-order valence-electron chi connectivity index (χ1n) is 10.3. The fourth-order valence-corrected chi connectivity index (χ4v) is 4.03. The number of rotatable bonds is 5. The van der Waals surface area contributed by atoms with Gasteiger partial charge in [0, 0.05) is 36.7 Å². The summed E-state index contributed by atoms with van der Waals surface area (Å²) in [4.78, 5) is 37.5. The molecule has 2 aromatic carbocycles. The summed E-state index contributed by atoms with van der Waals surface area (Å²) in [5.41, 5.74) is 0.890. The predicted molar refractivity (Wildman–Crippen MR) is 118 cm³/mol. The number of fused-ring (bicyclic) bond motifs is 1. The average Bonchev–Trinajstić information content (AvgIpc) is 2.82. The number of carbonyl (C=O) groups is 2. The number of piperidine rings is 1. The van der Waals surface area contributed by atoms with E-state index in [9.17, 15) is 19.7 Å². The van der Waals surface area contributed by atoms with Crippen molar-refractivity contribution in [1.82, 2.24) is 4.90 Å². The molecule has 0 spiro atoms. The van der Waals surface area contributed by atoms with Crippen LogP contribution in [0.25, 0.3) is 6.08 Å². The van der Waals surface area contributed by atoms with E-state index in [1.165, 1.54) is 24.3 Å². The van der Waals surface area contributed by atoms with Gasteiger partial charge in [-0.25, -0.2) is 0 Å². The second-order valence-electron chi connectivity index (χ2n) is 7.62. The molecule has 0 radical (unpaired) electrons. The number of likely N-dealkylation sites (tertiary alicyclic amines) is 1. The van der Waals surface area contributed by atoms with Gasteiger partial charge in [-0.3, -0.25) is 19.7 Å². The van der Waals surface area contributed by atoms with E-state index >= 15 is 0 Å². The first-order chi connectivity index (χ1) is 15.4. The van der Waals surface area contributed by atoms with Crippen molar-refractivity contribution in [1.29, 1.82) is 0 Å². The summed E-state index contributed by atoms with van der Waals surface area (Å²) in [6.07, 6.45) is 4.05. The second kappa shape index (κ2) is 9.40. The Morgan fingerprint density at radius 2 is 1.78 bits per heavy atom. The van der Waals surface area contributed by atoms with Gasteiger partial charge in [0.2, 0.25) is 5.91 Å². The molecule has 9 heteroatoms. The van der Waals surface area contributed by atoms with E-state index < -0.39 is 4.92 Å². The Bertz CT molecular complexity index is 1090. The van der Waals surface area contributed by atoms with Crippen molar-refractivity contribution in [3.63, 3.8) is 0 Å². The van der Waals surface area contributed by atoms with Crippen LogP contribution < -0.4 is 9.47 Å². The molecule has 0 N–H and O–H groups in total. The lowest BCUT2D eigenvalue weighted by molar-refractivity contribution is -0.384. The maximum Gasteiger partial charge on any atom is 0.288 e. The first kappa shape index (κ1) is 21.8. The smallest absolute Gasteiger partial charge is 0.288 e. The number of nitro benzene ring substituents is 1. The van der Waals surface area contributed by atoms with E-state index in [1.807, 2.05) is 0 Å². The van der Waals surface area contributed by atoms with E-state index in [1.54, 1.807) is 29.2 Å². The number of hydrogen-bond donors (Lipinski definition) is 0. The molecule has 1 saturated heterocycles. The number of Topliss-reactive ketones (excluding diaryl/α,β-unsaturated/α-hetero) is 1. The summed E-state index contributed by atoms with van der Waals surface area (Å²) < 4.78 is 11.1. The fourth-order valence-electron chi connectivity index (χ4n) is 3.84. The van der Waals surface area contributed by atoms with E-state index in [-0.39, 0.29) is 28.3 Å². The molecule has 1 amide bonds. The minimum absolute atomic E-state index is 0.0399. The van der Waals surface area contributed by atoms with Crippen LogP contribution in [0.5, 0.6) is 11.5 Å². The van der Waals surface area contributed by atoms with Gasteiger partial charge in [-0.1, -0.05) is 17.7 Å². The summed E-state index contributed by atoms with van der Waals surface area (Å²) in [6, 6.07) is 9.59. The van der Waals surface area contributed by atoms with Crippen LogP contribution in [-0.2, 0) is 4.79 Å². The predicted octanol–water partition coefficient (Wildman–Crippen LogP) is 4.15. The van der Waals surface area contributed by atoms with Crippen LogP contribution >= 0.6 is 11.6 Å². The number of benzene rings is 2. The van der Waals surface area contributed by atoms with Crippen molar-refractivity contribution in [2.75, 3.05) is 26.3 Å². The molecule has 0 bridgehead atoms. The number of hydrogen-bond acceptors (Lipinski definition) is 6. The number of ether oxygens (including phenoxy) is 2. The number of nitro groups is 1. The van der Waals surface area contributed by atoms with Gasteiger partial charge in [0.05, 0.1) is 4.92 Å². The summed E-state index contributed by atoms with van der Waals surface area (Å²) in [5, 5.41) is 11.0. The van der Waals surface area contributed by atoms with Crippen molar-refractivity contribution in [3.05, 3.63) is 68.7 Å². The Morgan fingerprint density at radius 1 is 1.06 bits per heavy atom. The Labute approximate surface area is 189 Å². The quantitative estimate of drug-likeness (QED) is 0.290. The fraction of sp³-hybridized carbons (Fsp3) is 0.304. The summed E-state index contributed by atoms with van der Waals surface area (Å²) >= 11 is 5.81. The van der Waals surface area contributed by atoms with Crippen molar-refractivity contribution < 1.29 is 24.0 Å². The van der Waals surface area contributed by atoms with Gasteiger partial charge in [-0.15, -0.1) is 0 Å². The van der Waals surface area contributed by atoms with Gasteiger partial charge in [-0.2, -0.15) is 0 Å². The zero-order valence-corrected chi connectivity index (χ0v) is 17.9. The number of amides is 1. The van der Waals surface area contributed by atoms with E-state index in [0.717, 1.165) is 0 Å². The highest BCUT2D eigenvalue weighted by atomic mass is 35.5. The molecule has 166 valence electrons. The van der Waals surface area contributed by atoms with Gasteiger partial charge in [0.15, 0.2) is 17.3 Å². The molecular formula is C23H21ClN2O6. The topological polar surface area (TPSA) is 99.0 Å². The minimum atomic E-state index is -0.564. The first-order valence-corrected chi connectivity index (χ1v) is 10.6. The molecule has 0 atom stereocenters. The molecule has 0 saturated carbocycles. The molecule has 4 rings (SSSR count). The van der Waals surface area contributed by atoms with Gasteiger partial charge >= 0.3 is 0 Å². The van der Waals surface area contributed by atoms with Crippen LogP contribution in [0.2, 0.25) is 5.02 Å². The van der Waals surface area contributed by atoms with Crippen LogP contribution in [0.1, 0.15) is 28.8 Å². The zero-order chi connectivity index (χ0) is 22.7. The van der Waals surface area contributed by atoms with Gasteiger partial charge in [-0.05, 0) is 48.7 Å². The summed E-state index contributed by atoms with van der Waals surface area (Å²) in [5.74, 6) is 0.906. The molecule has 0 aromatic heterocycles. The largest absolute Gasteiger partial charge is 0.486 e. The average molecular weight is 457 g/mol. The third-order valence-electron chi connectivity index (χ3n) is 5.59. The van der Waals surface area contributed by atoms with E-state index in [0.29, 0.717) is 61.8 Å². The molecule has 2 aromatic rings. The number of nitrogens with zero attached hydrogens (tertiary/aromatic N) is 2. The van der Waals surface area contributed by atoms with Crippen LogP contribution in [-0.4, -0.2) is 47.8 Å². The molecule has 8 nitrogen and oxygen atoms in total. The lowest BCUT2D eigenvalue weighted by Crippen LogP contribution is -2.39. The van der Waals surface area contributed by atoms with Gasteiger partial charge in [0.1, 0.15) is 18.2 Å². The Morgan fingerprint density at radius 3 is 2.50 bits per heavy atom. The second-order valence-corrected chi connectivity index (χ2v) is 8.03. The van der Waals surface area contributed by atoms with Gasteiger partial charge < -0.3 is 14.4 Å². The number of ketones is 1. The molecule has 0 aliphatic carbocycles. The summed E-state index contributed by atoms with van der Waals surface area (Å²) in [7, 11) is 0. The SMILES string of the molecule is O=C(c1ccc2c(c1)OCCO2)C1CCN(C(=O)C=Cc2ccc(Cl)c([N+](=O)[O-])c2)CC1. The Kier molecular flexibility index (Phi) is 6.41. The highest BCUT2D eigenvalue weighted by Crippen LogP contribution is 2.32. The molecule has 2 heterocycles. The molecule has 0 unspecified atom stereocenters. The van der Waals surface area contributed by atoms with Crippen molar-refractivity contribution in [2.45, 2.75) is 12.8 Å². The number of halogens is 1. The summed E-state index contributed by atoms with van der Waals surface area (Å²) in [6.45, 7) is 1.88. The zero-order valence-electron chi connectivity index (χ0n) is 17.2. The Hall–Kier alpha value is -3.39. The lowest BCUT2D eigenvalue weighted by atomic mass is 9.88. The van der Waals surface area contributed by atoms with Crippen LogP contribution in [0.15, 0.2) is 42.5 Å². The van der Waals surface area contributed by atoms with Crippen LogP contribution in [0, 0.1) is 16.0 Å². The third-order valence-corrected chi connectivity index (χ3v) is 5.91. The Balaban J connectivity index is 1.35. The highest BCUT2D eigenvalue weighted by molar-refractivity contribution is 6.32. The van der Waals surface area contributed by atoms with Crippen molar-refractivity contribution in [3.8, 4) is 11.5 Å². The van der Waals surface area contributed by atoms with E-state index in [4.69, 9.17) is 21.1 Å². The minimum Gasteiger partial charge on any atom is -0.486 e.